The van der Waals surface area contributed by atoms with Gasteiger partial charge in [0.05, 0.1) is 13.0 Å². The van der Waals surface area contributed by atoms with Crippen LogP contribution in [0.2, 0.25) is 0 Å². The molecule has 98 valence electrons. The van der Waals surface area contributed by atoms with Crippen molar-refractivity contribution in [3.8, 4) is 5.75 Å². The van der Waals surface area contributed by atoms with Gasteiger partial charge in [0.1, 0.15) is 5.75 Å². The Balaban J connectivity index is 2.16. The lowest BCUT2D eigenvalue weighted by atomic mass is 9.97. The third-order valence-electron chi connectivity index (χ3n) is 3.57. The van der Waals surface area contributed by atoms with Crippen LogP contribution in [0.15, 0.2) is 18.2 Å². The third kappa shape index (κ3) is 2.58. The van der Waals surface area contributed by atoms with Gasteiger partial charge in [-0.2, -0.15) is 0 Å². The molecule has 1 heterocycles. The van der Waals surface area contributed by atoms with Gasteiger partial charge >= 0.3 is 0 Å². The highest BCUT2D eigenvalue weighted by molar-refractivity contribution is 5.77. The highest BCUT2D eigenvalue weighted by Crippen LogP contribution is 2.27. The van der Waals surface area contributed by atoms with E-state index in [0.29, 0.717) is 0 Å². The third-order valence-corrected chi connectivity index (χ3v) is 3.57. The summed E-state index contributed by atoms with van der Waals surface area (Å²) in [6.07, 6.45) is 1.92. The molecule has 4 nitrogen and oxygen atoms in total. The van der Waals surface area contributed by atoms with Gasteiger partial charge < -0.3 is 15.4 Å². The Hall–Kier alpha value is -1.71. The van der Waals surface area contributed by atoms with E-state index in [9.17, 15) is 4.79 Å². The van der Waals surface area contributed by atoms with Gasteiger partial charge in [0.25, 0.3) is 0 Å². The Morgan fingerprint density at radius 1 is 1.50 bits per heavy atom. The number of aryl methyl sites for hydroxylation is 1. The highest BCUT2D eigenvalue weighted by Gasteiger charge is 2.24. The van der Waals surface area contributed by atoms with E-state index < -0.39 is 0 Å². The molecule has 0 saturated carbocycles. The molecule has 1 fully saturated rings. The fourth-order valence-electron chi connectivity index (χ4n) is 2.50. The van der Waals surface area contributed by atoms with Crippen molar-refractivity contribution in [1.29, 1.82) is 0 Å². The van der Waals surface area contributed by atoms with E-state index >= 15 is 0 Å². The maximum atomic E-state index is 11.3. The molecule has 18 heavy (non-hydrogen) atoms. The number of methoxy groups -OCH3 is 1. The van der Waals surface area contributed by atoms with Crippen LogP contribution in [0.1, 0.15) is 18.4 Å². The van der Waals surface area contributed by atoms with Crippen LogP contribution in [0.5, 0.6) is 5.75 Å². The van der Waals surface area contributed by atoms with E-state index in [1.807, 2.05) is 19.1 Å². The topological polar surface area (TPSA) is 55.6 Å². The van der Waals surface area contributed by atoms with Crippen molar-refractivity contribution < 1.29 is 9.53 Å². The number of hydrogen-bond donors (Lipinski definition) is 1. The van der Waals surface area contributed by atoms with Gasteiger partial charge in [0.15, 0.2) is 0 Å². The molecule has 1 aromatic carbocycles. The summed E-state index contributed by atoms with van der Waals surface area (Å²) in [4.78, 5) is 13.5. The molecule has 1 aliphatic heterocycles. The number of carbonyl (C=O) groups excluding carboxylic acids is 1. The predicted molar refractivity (Wildman–Crippen MR) is 71.9 cm³/mol. The molecule has 1 unspecified atom stereocenters. The normalized spacial score (nSPS) is 19.7. The van der Waals surface area contributed by atoms with Gasteiger partial charge in [0, 0.05) is 18.8 Å². The summed E-state index contributed by atoms with van der Waals surface area (Å²) in [6, 6.07) is 6.11. The van der Waals surface area contributed by atoms with Crippen molar-refractivity contribution >= 4 is 11.6 Å². The molecule has 0 bridgehead atoms. The minimum absolute atomic E-state index is 0.0267. The van der Waals surface area contributed by atoms with Crippen LogP contribution in [0.25, 0.3) is 0 Å². The first-order chi connectivity index (χ1) is 8.61. The van der Waals surface area contributed by atoms with E-state index in [1.54, 1.807) is 7.11 Å². The summed E-state index contributed by atoms with van der Waals surface area (Å²) in [5.74, 6) is 0.674. The number of anilines is 1. The first-order valence-corrected chi connectivity index (χ1v) is 6.30. The van der Waals surface area contributed by atoms with Crippen LogP contribution in [-0.4, -0.2) is 26.1 Å². The molecule has 1 aliphatic rings. The van der Waals surface area contributed by atoms with Crippen LogP contribution in [0.3, 0.4) is 0 Å². The molecule has 0 spiro atoms. The molecule has 2 N–H and O–H groups in total. The average molecular weight is 248 g/mol. The van der Waals surface area contributed by atoms with E-state index in [-0.39, 0.29) is 11.8 Å². The van der Waals surface area contributed by atoms with Crippen LogP contribution in [0, 0.1) is 12.8 Å². The Morgan fingerprint density at radius 2 is 2.28 bits per heavy atom. The maximum Gasteiger partial charge on any atom is 0.222 e. The van der Waals surface area contributed by atoms with Crippen molar-refractivity contribution in [2.45, 2.75) is 19.8 Å². The second-order valence-electron chi connectivity index (χ2n) is 4.84. The lowest BCUT2D eigenvalue weighted by Gasteiger charge is -2.33. The first-order valence-electron chi connectivity index (χ1n) is 6.30. The van der Waals surface area contributed by atoms with Crippen molar-refractivity contribution in [1.82, 2.24) is 0 Å². The Kier molecular flexibility index (Phi) is 3.75. The molecule has 2 rings (SSSR count). The summed E-state index contributed by atoms with van der Waals surface area (Å²) < 4.78 is 5.25. The molecule has 1 amide bonds. The van der Waals surface area contributed by atoms with Crippen molar-refractivity contribution in [2.75, 3.05) is 25.1 Å². The summed E-state index contributed by atoms with van der Waals surface area (Å²) in [5, 5.41) is 0. The number of ether oxygens (including phenoxy) is 1. The largest absolute Gasteiger partial charge is 0.496 e. The molecule has 0 aromatic heterocycles. The SMILES string of the molecule is COc1ccc(N2CCCC(C(N)=O)C2)cc1C. The van der Waals surface area contributed by atoms with Gasteiger partial charge in [0.2, 0.25) is 5.91 Å². The minimum Gasteiger partial charge on any atom is -0.496 e. The van der Waals surface area contributed by atoms with Crippen molar-refractivity contribution in [3.63, 3.8) is 0 Å². The number of carbonyl (C=O) groups is 1. The number of piperidine rings is 1. The lowest BCUT2D eigenvalue weighted by molar-refractivity contribution is -0.122. The number of nitrogens with zero attached hydrogens (tertiary/aromatic N) is 1. The van der Waals surface area contributed by atoms with Gasteiger partial charge in [-0.3, -0.25) is 4.79 Å². The van der Waals surface area contributed by atoms with Gasteiger partial charge in [-0.25, -0.2) is 0 Å². The summed E-state index contributed by atoms with van der Waals surface area (Å²) in [5.41, 5.74) is 7.64. The Morgan fingerprint density at radius 3 is 2.89 bits per heavy atom. The molecule has 1 atom stereocenters. The monoisotopic (exact) mass is 248 g/mol. The van der Waals surface area contributed by atoms with E-state index in [1.165, 1.54) is 0 Å². The summed E-state index contributed by atoms with van der Waals surface area (Å²) in [7, 11) is 1.67. The second kappa shape index (κ2) is 5.29. The number of primary amides is 1. The quantitative estimate of drug-likeness (QED) is 0.886. The number of amides is 1. The molecular formula is C14H20N2O2. The molecule has 0 radical (unpaired) electrons. The zero-order chi connectivity index (χ0) is 13.1. The van der Waals surface area contributed by atoms with Crippen LogP contribution in [-0.2, 0) is 4.79 Å². The summed E-state index contributed by atoms with van der Waals surface area (Å²) in [6.45, 7) is 3.73. The lowest BCUT2D eigenvalue weighted by Crippen LogP contribution is -2.41. The maximum absolute atomic E-state index is 11.3. The highest BCUT2D eigenvalue weighted by atomic mass is 16.5. The Bertz CT molecular complexity index is 445. The van der Waals surface area contributed by atoms with Crippen molar-refractivity contribution in [3.05, 3.63) is 23.8 Å². The molecule has 0 aliphatic carbocycles. The van der Waals surface area contributed by atoms with Gasteiger partial charge in [-0.05, 0) is 43.5 Å². The average Bonchev–Trinajstić information content (AvgIpc) is 2.38. The fourth-order valence-corrected chi connectivity index (χ4v) is 2.50. The predicted octanol–water partition coefficient (Wildman–Crippen LogP) is 1.71. The number of benzene rings is 1. The molecule has 4 heteroatoms. The smallest absolute Gasteiger partial charge is 0.222 e. The van der Waals surface area contributed by atoms with E-state index in [0.717, 1.165) is 42.9 Å². The van der Waals surface area contributed by atoms with Crippen molar-refractivity contribution in [2.24, 2.45) is 11.7 Å². The molecule has 1 saturated heterocycles. The fraction of sp³-hybridized carbons (Fsp3) is 0.500. The minimum atomic E-state index is -0.190. The van der Waals surface area contributed by atoms with E-state index in [2.05, 4.69) is 11.0 Å². The Labute approximate surface area is 108 Å². The number of hydrogen-bond acceptors (Lipinski definition) is 3. The standard InChI is InChI=1S/C14H20N2O2/c1-10-8-12(5-6-13(10)18-2)16-7-3-4-11(9-16)14(15)17/h5-6,8,11H,3-4,7,9H2,1-2H3,(H2,15,17). The number of nitrogens with two attached hydrogens (primary N) is 1. The second-order valence-corrected chi connectivity index (χ2v) is 4.84. The summed E-state index contributed by atoms with van der Waals surface area (Å²) >= 11 is 0. The zero-order valence-corrected chi connectivity index (χ0v) is 11.0. The molecular weight excluding hydrogens is 228 g/mol. The molecule has 1 aromatic rings. The van der Waals surface area contributed by atoms with Gasteiger partial charge in [-0.15, -0.1) is 0 Å². The number of rotatable bonds is 3. The van der Waals surface area contributed by atoms with Gasteiger partial charge in [-0.1, -0.05) is 0 Å². The first kappa shape index (κ1) is 12.7. The van der Waals surface area contributed by atoms with Crippen LogP contribution < -0.4 is 15.4 Å². The van der Waals surface area contributed by atoms with Crippen LogP contribution in [0.4, 0.5) is 5.69 Å². The van der Waals surface area contributed by atoms with Crippen LogP contribution >= 0.6 is 0 Å². The van der Waals surface area contributed by atoms with E-state index in [4.69, 9.17) is 10.5 Å². The zero-order valence-electron chi connectivity index (χ0n) is 11.0.